The maximum absolute atomic E-state index is 12.6. The van der Waals surface area contributed by atoms with Gasteiger partial charge in [-0.05, 0) is 36.4 Å². The maximum atomic E-state index is 12.6. The average Bonchev–Trinajstić information content (AvgIpc) is 2.78. The topological polar surface area (TPSA) is 84.9 Å². The van der Waals surface area contributed by atoms with Crippen molar-refractivity contribution in [1.29, 1.82) is 0 Å². The van der Waals surface area contributed by atoms with Crippen LogP contribution in [0.2, 0.25) is 0 Å². The lowest BCUT2D eigenvalue weighted by atomic mass is 10.1. The molecule has 0 aromatic heterocycles. The Kier molecular flexibility index (Phi) is 7.85. The second-order valence-corrected chi connectivity index (χ2v) is 9.76. The number of hydrogen-bond donors (Lipinski definition) is 1. The zero-order valence-electron chi connectivity index (χ0n) is 18.0. The smallest absolute Gasteiger partial charge is 0.243 e. The quantitative estimate of drug-likeness (QED) is 0.569. The molecule has 1 N–H and O–H groups in total. The van der Waals surface area contributed by atoms with Crippen molar-refractivity contribution in [3.63, 3.8) is 0 Å². The van der Waals surface area contributed by atoms with E-state index in [0.717, 1.165) is 10.5 Å². The third-order valence-electron chi connectivity index (χ3n) is 5.05. The summed E-state index contributed by atoms with van der Waals surface area (Å²) in [5.74, 6) is 1.20. The van der Waals surface area contributed by atoms with Crippen molar-refractivity contribution in [2.24, 2.45) is 0 Å². The molecule has 1 aliphatic heterocycles. The number of anilines is 1. The minimum absolute atomic E-state index is 0.119. The second-order valence-electron chi connectivity index (χ2n) is 6.98. The Morgan fingerprint density at radius 2 is 1.68 bits per heavy atom. The number of ether oxygens (including phenoxy) is 2. The number of amides is 1. The predicted octanol–water partition coefficient (Wildman–Crippen LogP) is 3.78. The van der Waals surface area contributed by atoms with Gasteiger partial charge in [0.2, 0.25) is 15.9 Å². The zero-order chi connectivity index (χ0) is 22.4. The van der Waals surface area contributed by atoms with Crippen LogP contribution >= 0.6 is 11.8 Å². The summed E-state index contributed by atoms with van der Waals surface area (Å²) in [5, 5.41) is 2.95. The number of aryl methyl sites for hydroxylation is 1. The predicted molar refractivity (Wildman–Crippen MR) is 123 cm³/mol. The molecule has 0 spiro atoms. The van der Waals surface area contributed by atoms with Gasteiger partial charge in [0.25, 0.3) is 0 Å². The first kappa shape index (κ1) is 23.4. The number of carbonyl (C=O) groups excluding carboxylic acids is 1. The van der Waals surface area contributed by atoms with Crippen molar-refractivity contribution in [3.8, 4) is 11.5 Å². The molecule has 0 fully saturated rings. The molecule has 0 radical (unpaired) electrons. The van der Waals surface area contributed by atoms with E-state index < -0.39 is 10.0 Å². The normalized spacial score (nSPS) is 13.3. The van der Waals surface area contributed by atoms with Gasteiger partial charge in [-0.15, -0.1) is 11.8 Å². The highest BCUT2D eigenvalue weighted by atomic mass is 32.2. The number of nitrogens with one attached hydrogen (secondary N) is 1. The van der Waals surface area contributed by atoms with Gasteiger partial charge in [0.05, 0.1) is 10.6 Å². The number of nitrogens with zero attached hydrogens (tertiary/aromatic N) is 1. The molecule has 1 amide bonds. The highest BCUT2D eigenvalue weighted by molar-refractivity contribution is 7.98. The Morgan fingerprint density at radius 1 is 1.06 bits per heavy atom. The molecule has 3 rings (SSSR count). The lowest BCUT2D eigenvalue weighted by Crippen LogP contribution is -2.30. The summed E-state index contributed by atoms with van der Waals surface area (Å²) in [5.41, 5.74) is 1.60. The largest absolute Gasteiger partial charge is 0.486 e. The summed E-state index contributed by atoms with van der Waals surface area (Å²) < 4.78 is 37.8. The van der Waals surface area contributed by atoms with E-state index in [2.05, 4.69) is 5.32 Å². The first-order chi connectivity index (χ1) is 14.9. The Labute approximate surface area is 188 Å². The average molecular weight is 465 g/mol. The fourth-order valence-corrected chi connectivity index (χ4v) is 5.36. The van der Waals surface area contributed by atoms with Crippen LogP contribution in [0.4, 0.5) is 5.69 Å². The summed E-state index contributed by atoms with van der Waals surface area (Å²) in [6, 6.07) is 10.4. The Morgan fingerprint density at radius 3 is 2.26 bits per heavy atom. The van der Waals surface area contributed by atoms with Crippen LogP contribution < -0.4 is 14.8 Å². The van der Waals surface area contributed by atoms with Crippen LogP contribution in [0.3, 0.4) is 0 Å². The lowest BCUT2D eigenvalue weighted by Gasteiger charge is -2.21. The minimum atomic E-state index is -3.48. The van der Waals surface area contributed by atoms with E-state index in [-0.39, 0.29) is 17.2 Å². The zero-order valence-corrected chi connectivity index (χ0v) is 19.6. The summed E-state index contributed by atoms with van der Waals surface area (Å²) in [7, 11) is -3.48. The number of sulfonamides is 1. The second kappa shape index (κ2) is 10.4. The van der Waals surface area contributed by atoms with Crippen molar-refractivity contribution in [1.82, 2.24) is 4.31 Å². The number of benzene rings is 2. The number of fused-ring (bicyclic) bond motifs is 1. The Hall–Kier alpha value is -2.23. The number of rotatable bonds is 9. The van der Waals surface area contributed by atoms with Gasteiger partial charge in [-0.2, -0.15) is 4.31 Å². The third-order valence-corrected chi connectivity index (χ3v) is 7.89. The molecule has 1 aliphatic rings. The summed E-state index contributed by atoms with van der Waals surface area (Å²) >= 11 is 1.52. The SMILES string of the molecule is CCN(CC)S(=O)(=O)c1ccc(CCC(=O)Nc2cc3c(cc2SC)OCCO3)cc1. The number of hydrogen-bond acceptors (Lipinski definition) is 6. The Balaban J connectivity index is 1.63. The number of thioether (sulfide) groups is 1. The molecule has 0 bridgehead atoms. The lowest BCUT2D eigenvalue weighted by molar-refractivity contribution is -0.116. The first-order valence-electron chi connectivity index (χ1n) is 10.3. The van der Waals surface area contributed by atoms with Crippen molar-refractivity contribution in [3.05, 3.63) is 42.0 Å². The molecule has 31 heavy (non-hydrogen) atoms. The van der Waals surface area contributed by atoms with Crippen molar-refractivity contribution in [2.75, 3.05) is 37.9 Å². The van der Waals surface area contributed by atoms with Crippen LogP contribution in [0, 0.1) is 0 Å². The van der Waals surface area contributed by atoms with E-state index >= 15 is 0 Å². The minimum Gasteiger partial charge on any atom is -0.486 e. The van der Waals surface area contributed by atoms with E-state index in [1.807, 2.05) is 26.2 Å². The van der Waals surface area contributed by atoms with E-state index in [1.54, 1.807) is 30.3 Å². The van der Waals surface area contributed by atoms with Crippen LogP contribution in [0.1, 0.15) is 25.8 Å². The van der Waals surface area contributed by atoms with Crippen molar-refractivity contribution in [2.45, 2.75) is 36.5 Å². The van der Waals surface area contributed by atoms with Gasteiger partial charge in [0, 0.05) is 30.5 Å². The van der Waals surface area contributed by atoms with Crippen LogP contribution in [0.5, 0.6) is 11.5 Å². The summed E-state index contributed by atoms with van der Waals surface area (Å²) in [6.07, 6.45) is 2.73. The maximum Gasteiger partial charge on any atom is 0.243 e. The molecule has 0 saturated carbocycles. The molecule has 168 valence electrons. The Bertz CT molecular complexity index is 1020. The van der Waals surface area contributed by atoms with Crippen molar-refractivity contribution < 1.29 is 22.7 Å². The molecular formula is C22H28N2O5S2. The van der Waals surface area contributed by atoms with Gasteiger partial charge in [0.15, 0.2) is 11.5 Å². The first-order valence-corrected chi connectivity index (χ1v) is 12.9. The molecule has 0 unspecified atom stereocenters. The van der Waals surface area contributed by atoms with Crippen LogP contribution in [0.15, 0.2) is 46.2 Å². The molecule has 9 heteroatoms. The molecule has 2 aromatic rings. The van der Waals surface area contributed by atoms with E-state index in [0.29, 0.717) is 49.9 Å². The van der Waals surface area contributed by atoms with Gasteiger partial charge in [-0.3, -0.25) is 4.79 Å². The summed E-state index contributed by atoms with van der Waals surface area (Å²) in [4.78, 5) is 13.7. The molecule has 0 saturated heterocycles. The molecule has 7 nitrogen and oxygen atoms in total. The fourth-order valence-electron chi connectivity index (χ4n) is 3.35. The van der Waals surface area contributed by atoms with Gasteiger partial charge >= 0.3 is 0 Å². The van der Waals surface area contributed by atoms with Gasteiger partial charge < -0.3 is 14.8 Å². The van der Waals surface area contributed by atoms with Gasteiger partial charge in [-0.1, -0.05) is 26.0 Å². The molecule has 1 heterocycles. The van der Waals surface area contributed by atoms with Gasteiger partial charge in [0.1, 0.15) is 13.2 Å². The van der Waals surface area contributed by atoms with Crippen LogP contribution in [0.25, 0.3) is 0 Å². The fraction of sp³-hybridized carbons (Fsp3) is 0.409. The molecule has 0 atom stereocenters. The molecule has 0 aliphatic carbocycles. The highest BCUT2D eigenvalue weighted by Gasteiger charge is 2.21. The molecule has 2 aromatic carbocycles. The van der Waals surface area contributed by atoms with Crippen LogP contribution in [-0.2, 0) is 21.2 Å². The molecular weight excluding hydrogens is 436 g/mol. The summed E-state index contributed by atoms with van der Waals surface area (Å²) in [6.45, 7) is 5.49. The standard InChI is InChI=1S/C22H28N2O5S2/c1-4-24(5-2)31(26,27)17-9-6-16(7-10-17)8-11-22(25)23-18-14-19-20(15-21(18)30-3)29-13-12-28-19/h6-7,9-10,14-15H,4-5,8,11-13H2,1-3H3,(H,23,25). The highest BCUT2D eigenvalue weighted by Crippen LogP contribution is 2.39. The van der Waals surface area contributed by atoms with E-state index in [9.17, 15) is 13.2 Å². The van der Waals surface area contributed by atoms with E-state index in [1.165, 1.54) is 16.1 Å². The van der Waals surface area contributed by atoms with Crippen LogP contribution in [-0.4, -0.2) is 51.2 Å². The third kappa shape index (κ3) is 5.53. The number of carbonyl (C=O) groups is 1. The van der Waals surface area contributed by atoms with Gasteiger partial charge in [-0.25, -0.2) is 8.42 Å². The van der Waals surface area contributed by atoms with E-state index in [4.69, 9.17) is 9.47 Å². The monoisotopic (exact) mass is 464 g/mol. The van der Waals surface area contributed by atoms with Crippen molar-refractivity contribution >= 4 is 33.4 Å².